The number of halogens is 1. The number of aromatic nitrogens is 2. The molecule has 11 heteroatoms. The SMILES string of the molecule is CC1CCN(N)c2ccc(O[PH](=O)Oc3ccc4c(n3)N(C)CCC4N)nc21.Cl. The Labute approximate surface area is 176 Å². The molecule has 4 heterocycles. The highest BCUT2D eigenvalue weighted by Crippen LogP contribution is 2.37. The zero-order valence-corrected chi connectivity index (χ0v) is 18.2. The van der Waals surface area contributed by atoms with Gasteiger partial charge in [0.25, 0.3) is 0 Å². The fourth-order valence-electron chi connectivity index (χ4n) is 3.58. The van der Waals surface area contributed by atoms with Crippen LogP contribution >= 0.6 is 20.7 Å². The molecule has 2 aromatic rings. The maximum atomic E-state index is 12.4. The predicted octanol–water partition coefficient (Wildman–Crippen LogP) is 2.77. The van der Waals surface area contributed by atoms with Crippen LogP contribution in [0.5, 0.6) is 11.8 Å². The molecule has 2 aromatic heterocycles. The van der Waals surface area contributed by atoms with Gasteiger partial charge in [-0.05, 0) is 25.0 Å². The molecule has 3 unspecified atom stereocenters. The first-order valence-electron chi connectivity index (χ1n) is 9.33. The lowest BCUT2D eigenvalue weighted by Gasteiger charge is -2.30. The molecule has 2 aliphatic heterocycles. The second-order valence-electron chi connectivity index (χ2n) is 7.27. The van der Waals surface area contributed by atoms with E-state index in [-0.39, 0.29) is 36.1 Å². The average Bonchev–Trinajstić information content (AvgIpc) is 2.68. The molecule has 158 valence electrons. The summed E-state index contributed by atoms with van der Waals surface area (Å²) >= 11 is 0. The minimum absolute atomic E-state index is 0. The van der Waals surface area contributed by atoms with Crippen LogP contribution < -0.4 is 30.5 Å². The fraction of sp³-hybridized carbons (Fsp3) is 0.444. The Hall–Kier alpha value is -2.06. The Morgan fingerprint density at radius 3 is 2.55 bits per heavy atom. The molecule has 0 saturated heterocycles. The lowest BCUT2D eigenvalue weighted by Crippen LogP contribution is -2.37. The molecule has 3 atom stereocenters. The van der Waals surface area contributed by atoms with Crippen LogP contribution in [0.25, 0.3) is 0 Å². The number of hydrogen-bond acceptors (Lipinski definition) is 9. The normalized spacial score (nSPS) is 21.5. The number of nitrogens with zero attached hydrogens (tertiary/aromatic N) is 4. The van der Waals surface area contributed by atoms with E-state index < -0.39 is 8.25 Å². The van der Waals surface area contributed by atoms with Crippen molar-refractivity contribution >= 4 is 32.2 Å². The standard InChI is InChI=1S/C18H25N6O3P.ClH/c1-11-7-10-24(20)14-4-6-15(21-17(11)14)26-28(25)27-16-5-3-12-13(19)8-9-23(2)18(12)22-16;/h3-6,11,13,28H,7-10,19-20H2,1-2H3;1H. The zero-order valence-electron chi connectivity index (χ0n) is 16.4. The molecular weight excluding hydrogens is 415 g/mol. The summed E-state index contributed by atoms with van der Waals surface area (Å²) in [5.41, 5.74) is 8.79. The molecule has 0 radical (unpaired) electrons. The summed E-state index contributed by atoms with van der Waals surface area (Å²) in [6.45, 7) is 3.67. The van der Waals surface area contributed by atoms with Crippen molar-refractivity contribution in [2.75, 3.05) is 30.0 Å². The van der Waals surface area contributed by atoms with Crippen molar-refractivity contribution in [2.45, 2.75) is 31.7 Å². The Kier molecular flexibility index (Phi) is 6.53. The van der Waals surface area contributed by atoms with Crippen molar-refractivity contribution in [3.05, 3.63) is 35.5 Å². The van der Waals surface area contributed by atoms with Crippen molar-refractivity contribution in [3.8, 4) is 11.8 Å². The van der Waals surface area contributed by atoms with E-state index in [1.165, 1.54) is 0 Å². The highest BCUT2D eigenvalue weighted by molar-refractivity contribution is 7.34. The number of anilines is 2. The number of pyridine rings is 2. The van der Waals surface area contributed by atoms with Crippen LogP contribution in [0.4, 0.5) is 11.5 Å². The highest BCUT2D eigenvalue weighted by atomic mass is 35.5. The van der Waals surface area contributed by atoms with Crippen LogP contribution in [-0.4, -0.2) is 30.1 Å². The first-order chi connectivity index (χ1) is 13.4. The third-order valence-corrected chi connectivity index (χ3v) is 6.00. The summed E-state index contributed by atoms with van der Waals surface area (Å²) < 4.78 is 23.3. The Balaban J connectivity index is 0.00000240. The van der Waals surface area contributed by atoms with Gasteiger partial charge in [0.2, 0.25) is 11.8 Å². The number of rotatable bonds is 4. The van der Waals surface area contributed by atoms with E-state index in [1.54, 1.807) is 17.1 Å². The summed E-state index contributed by atoms with van der Waals surface area (Å²) in [5, 5.41) is 1.67. The molecule has 2 aliphatic rings. The van der Waals surface area contributed by atoms with Crippen molar-refractivity contribution in [1.29, 1.82) is 0 Å². The topological polar surface area (TPSA) is 120 Å². The van der Waals surface area contributed by atoms with Gasteiger partial charge >= 0.3 is 8.25 Å². The molecule has 4 N–H and O–H groups in total. The molecular formula is C18H26ClN6O3P. The van der Waals surface area contributed by atoms with Gasteiger partial charge in [-0.3, -0.25) is 0 Å². The summed E-state index contributed by atoms with van der Waals surface area (Å²) in [6, 6.07) is 6.95. The average molecular weight is 441 g/mol. The molecule has 0 aliphatic carbocycles. The smallest absolute Gasteiger partial charge is 0.399 e. The number of hydrazine groups is 1. The Morgan fingerprint density at radius 1 is 1.10 bits per heavy atom. The van der Waals surface area contributed by atoms with E-state index in [2.05, 4.69) is 16.9 Å². The third kappa shape index (κ3) is 4.43. The third-order valence-electron chi connectivity index (χ3n) is 5.25. The van der Waals surface area contributed by atoms with E-state index in [0.717, 1.165) is 48.7 Å². The Morgan fingerprint density at radius 2 is 1.79 bits per heavy atom. The predicted molar refractivity (Wildman–Crippen MR) is 115 cm³/mol. The van der Waals surface area contributed by atoms with Crippen molar-refractivity contribution in [1.82, 2.24) is 9.97 Å². The van der Waals surface area contributed by atoms with Crippen LogP contribution in [0, 0.1) is 0 Å². The minimum Gasteiger partial charge on any atom is -0.399 e. The lowest BCUT2D eigenvalue weighted by molar-refractivity contribution is 0.401. The van der Waals surface area contributed by atoms with Gasteiger partial charge in [-0.25, -0.2) is 15.4 Å². The van der Waals surface area contributed by atoms with Crippen molar-refractivity contribution < 1.29 is 13.6 Å². The van der Waals surface area contributed by atoms with Gasteiger partial charge in [0.15, 0.2) is 0 Å². The molecule has 0 aromatic carbocycles. The second kappa shape index (κ2) is 8.75. The van der Waals surface area contributed by atoms with Crippen LogP contribution in [0.2, 0.25) is 0 Å². The molecule has 29 heavy (non-hydrogen) atoms. The highest BCUT2D eigenvalue weighted by Gasteiger charge is 2.24. The minimum atomic E-state index is -2.88. The van der Waals surface area contributed by atoms with Gasteiger partial charge in [-0.1, -0.05) is 6.92 Å². The lowest BCUT2D eigenvalue weighted by atomic mass is 9.97. The number of fused-ring (bicyclic) bond motifs is 2. The van der Waals surface area contributed by atoms with Crippen LogP contribution in [-0.2, 0) is 4.57 Å². The maximum Gasteiger partial charge on any atom is 0.421 e. The number of nitrogens with two attached hydrogens (primary N) is 2. The van der Waals surface area contributed by atoms with E-state index in [1.807, 2.05) is 24.1 Å². The zero-order chi connectivity index (χ0) is 19.8. The maximum absolute atomic E-state index is 12.4. The molecule has 0 spiro atoms. The molecule has 9 nitrogen and oxygen atoms in total. The molecule has 4 rings (SSSR count). The first-order valence-corrected chi connectivity index (χ1v) is 10.6. The van der Waals surface area contributed by atoms with Crippen LogP contribution in [0.15, 0.2) is 24.3 Å². The molecule has 0 bridgehead atoms. The van der Waals surface area contributed by atoms with Gasteiger partial charge < -0.3 is 24.7 Å². The number of hydrogen-bond donors (Lipinski definition) is 2. The summed E-state index contributed by atoms with van der Waals surface area (Å²) in [4.78, 5) is 10.9. The van der Waals surface area contributed by atoms with Crippen LogP contribution in [0.1, 0.15) is 43.0 Å². The van der Waals surface area contributed by atoms with Crippen molar-refractivity contribution in [2.24, 2.45) is 11.6 Å². The molecule has 0 amide bonds. The summed E-state index contributed by atoms with van der Waals surface area (Å²) in [6.07, 6.45) is 1.77. The van der Waals surface area contributed by atoms with E-state index in [4.69, 9.17) is 20.6 Å². The Bertz CT molecular complexity index is 846. The quantitative estimate of drug-likeness (QED) is 0.546. The first kappa shape index (κ1) is 21.6. The van der Waals surface area contributed by atoms with Gasteiger partial charge in [0.1, 0.15) is 5.82 Å². The monoisotopic (exact) mass is 440 g/mol. The van der Waals surface area contributed by atoms with E-state index in [0.29, 0.717) is 0 Å². The molecule has 0 fully saturated rings. The van der Waals surface area contributed by atoms with E-state index >= 15 is 0 Å². The molecule has 0 saturated carbocycles. The van der Waals surface area contributed by atoms with Crippen molar-refractivity contribution in [3.63, 3.8) is 0 Å². The summed E-state index contributed by atoms with van der Waals surface area (Å²) in [7, 11) is -0.932. The largest absolute Gasteiger partial charge is 0.421 e. The van der Waals surface area contributed by atoms with E-state index in [9.17, 15) is 4.57 Å². The van der Waals surface area contributed by atoms with Gasteiger partial charge in [-0.2, -0.15) is 4.98 Å². The second-order valence-corrected chi connectivity index (χ2v) is 8.18. The summed E-state index contributed by atoms with van der Waals surface area (Å²) in [5.74, 6) is 7.48. The fourth-order valence-corrected chi connectivity index (χ4v) is 4.19. The van der Waals surface area contributed by atoms with Gasteiger partial charge in [0.05, 0.1) is 11.4 Å². The van der Waals surface area contributed by atoms with Gasteiger partial charge in [-0.15, -0.1) is 12.4 Å². The van der Waals surface area contributed by atoms with Gasteiger partial charge in [0, 0.05) is 49.8 Å². The van der Waals surface area contributed by atoms with Crippen LogP contribution in [0.3, 0.4) is 0 Å².